The van der Waals surface area contributed by atoms with Crippen LogP contribution in [0.2, 0.25) is 0 Å². The van der Waals surface area contributed by atoms with E-state index in [1.54, 1.807) is 6.08 Å². The van der Waals surface area contributed by atoms with Gasteiger partial charge in [-0.2, -0.15) is 0 Å². The fraction of sp³-hybridized carbons (Fsp3) is 0.545. The predicted molar refractivity (Wildman–Crippen MR) is 64.8 cm³/mol. The lowest BCUT2D eigenvalue weighted by molar-refractivity contribution is 0.301. The number of nitrogens with one attached hydrogen (secondary N) is 1. The molecule has 0 radical (unpaired) electrons. The van der Waals surface area contributed by atoms with Crippen molar-refractivity contribution in [2.24, 2.45) is 0 Å². The number of rotatable bonds is 7. The molecule has 0 aliphatic heterocycles. The standard InChI is InChI=1S/C11H18N2OS/c1-3-5-6-7-9-8-12-11(13-9)10(4-2)14-15/h4,8,10,15H,2-3,5-7H2,1H3,(H,12,13). The summed E-state index contributed by atoms with van der Waals surface area (Å²) < 4.78 is 4.91. The summed E-state index contributed by atoms with van der Waals surface area (Å²) in [6.07, 6.45) is 8.01. The molecule has 1 unspecified atom stereocenters. The Bertz CT molecular complexity index is 299. The smallest absolute Gasteiger partial charge is 0.147 e. The Morgan fingerprint density at radius 1 is 1.67 bits per heavy atom. The van der Waals surface area contributed by atoms with E-state index < -0.39 is 0 Å². The van der Waals surface area contributed by atoms with Gasteiger partial charge in [-0.1, -0.05) is 25.8 Å². The van der Waals surface area contributed by atoms with Gasteiger partial charge in [-0.05, 0) is 25.8 Å². The first-order valence-corrected chi connectivity index (χ1v) is 5.65. The lowest BCUT2D eigenvalue weighted by Crippen LogP contribution is -1.97. The number of hydrogen-bond acceptors (Lipinski definition) is 3. The van der Waals surface area contributed by atoms with Gasteiger partial charge < -0.3 is 9.17 Å². The maximum Gasteiger partial charge on any atom is 0.147 e. The number of nitrogens with zero attached hydrogens (tertiary/aromatic N) is 1. The van der Waals surface area contributed by atoms with Gasteiger partial charge in [0.25, 0.3) is 0 Å². The summed E-state index contributed by atoms with van der Waals surface area (Å²) in [5, 5.41) is 0. The van der Waals surface area contributed by atoms with Crippen molar-refractivity contribution in [1.82, 2.24) is 9.97 Å². The molecule has 4 heteroatoms. The second-order valence-electron chi connectivity index (χ2n) is 3.50. The molecule has 0 saturated carbocycles. The Hall–Kier alpha value is -0.740. The summed E-state index contributed by atoms with van der Waals surface area (Å²) in [6, 6.07) is 0. The molecule has 1 aromatic rings. The average molecular weight is 226 g/mol. The Morgan fingerprint density at radius 2 is 2.47 bits per heavy atom. The fourth-order valence-electron chi connectivity index (χ4n) is 1.41. The highest BCUT2D eigenvalue weighted by atomic mass is 32.1. The second kappa shape index (κ2) is 6.69. The molecule has 0 saturated heterocycles. The van der Waals surface area contributed by atoms with Gasteiger partial charge in [-0.25, -0.2) is 4.98 Å². The molecule has 0 aromatic carbocycles. The lowest BCUT2D eigenvalue weighted by atomic mass is 10.2. The lowest BCUT2D eigenvalue weighted by Gasteiger charge is -2.04. The van der Waals surface area contributed by atoms with E-state index in [2.05, 4.69) is 36.4 Å². The zero-order valence-corrected chi connectivity index (χ0v) is 9.96. The molecule has 0 bridgehead atoms. The van der Waals surface area contributed by atoms with Gasteiger partial charge in [0.15, 0.2) is 0 Å². The van der Waals surface area contributed by atoms with Gasteiger partial charge in [0.2, 0.25) is 0 Å². The SMILES string of the molecule is C=CC(OS)c1nc(CCCCC)c[nH]1. The molecule has 1 atom stereocenters. The summed E-state index contributed by atoms with van der Waals surface area (Å²) in [4.78, 5) is 7.50. The highest BCUT2D eigenvalue weighted by molar-refractivity contribution is 7.75. The topological polar surface area (TPSA) is 37.9 Å². The molecule has 15 heavy (non-hydrogen) atoms. The Labute approximate surface area is 96.6 Å². The quantitative estimate of drug-likeness (QED) is 0.324. The normalized spacial score (nSPS) is 12.7. The zero-order valence-electron chi connectivity index (χ0n) is 9.07. The van der Waals surface area contributed by atoms with Crippen molar-refractivity contribution >= 4 is 12.9 Å². The van der Waals surface area contributed by atoms with E-state index >= 15 is 0 Å². The Morgan fingerprint density at radius 3 is 3.07 bits per heavy atom. The molecule has 0 fully saturated rings. The van der Waals surface area contributed by atoms with Crippen LogP contribution in [-0.2, 0) is 10.6 Å². The first-order valence-electron chi connectivity index (χ1n) is 5.28. The maximum absolute atomic E-state index is 4.91. The molecule has 0 aliphatic rings. The molecule has 1 N–H and O–H groups in total. The van der Waals surface area contributed by atoms with E-state index in [1.165, 1.54) is 19.3 Å². The van der Waals surface area contributed by atoms with Crippen molar-refractivity contribution in [2.75, 3.05) is 0 Å². The van der Waals surface area contributed by atoms with E-state index in [0.29, 0.717) is 0 Å². The predicted octanol–water partition coefficient (Wildman–Crippen LogP) is 3.23. The first-order chi connectivity index (χ1) is 7.31. The highest BCUT2D eigenvalue weighted by Crippen LogP contribution is 2.17. The van der Waals surface area contributed by atoms with Crippen LogP contribution in [0.3, 0.4) is 0 Å². The molecule has 0 aliphatic carbocycles. The molecule has 1 aromatic heterocycles. The largest absolute Gasteiger partial charge is 0.346 e. The second-order valence-corrected chi connectivity index (χ2v) is 3.71. The minimum Gasteiger partial charge on any atom is -0.346 e. The Kier molecular flexibility index (Phi) is 5.50. The molecular formula is C11H18N2OS. The van der Waals surface area contributed by atoms with Crippen molar-refractivity contribution in [1.29, 1.82) is 0 Å². The van der Waals surface area contributed by atoms with E-state index in [0.717, 1.165) is 17.9 Å². The summed E-state index contributed by atoms with van der Waals surface area (Å²) in [6.45, 7) is 5.85. The van der Waals surface area contributed by atoms with E-state index in [-0.39, 0.29) is 6.10 Å². The van der Waals surface area contributed by atoms with Gasteiger partial charge in [0.05, 0.1) is 5.69 Å². The summed E-state index contributed by atoms with van der Waals surface area (Å²) in [7, 11) is 0. The van der Waals surface area contributed by atoms with Crippen molar-refractivity contribution in [3.63, 3.8) is 0 Å². The van der Waals surface area contributed by atoms with Crippen molar-refractivity contribution in [2.45, 2.75) is 38.7 Å². The minimum absolute atomic E-state index is 0.256. The number of H-pyrrole nitrogens is 1. The molecule has 3 nitrogen and oxygen atoms in total. The molecule has 0 amide bonds. The van der Waals surface area contributed by atoms with Crippen molar-refractivity contribution < 1.29 is 4.18 Å². The minimum atomic E-state index is -0.256. The third-order valence-electron chi connectivity index (χ3n) is 2.28. The third-order valence-corrected chi connectivity index (χ3v) is 2.51. The molecule has 1 heterocycles. The number of aromatic amines is 1. The van der Waals surface area contributed by atoms with Crippen LogP contribution < -0.4 is 0 Å². The van der Waals surface area contributed by atoms with Crippen LogP contribution in [0.15, 0.2) is 18.9 Å². The zero-order chi connectivity index (χ0) is 11.1. The first kappa shape index (κ1) is 12.3. The van der Waals surface area contributed by atoms with Crippen molar-refractivity contribution in [3.8, 4) is 0 Å². The third kappa shape index (κ3) is 3.72. The Balaban J connectivity index is 2.51. The highest BCUT2D eigenvalue weighted by Gasteiger charge is 2.10. The molecule has 0 spiro atoms. The molecular weight excluding hydrogens is 208 g/mol. The maximum atomic E-state index is 4.91. The van der Waals surface area contributed by atoms with Crippen LogP contribution >= 0.6 is 12.9 Å². The average Bonchev–Trinajstić information content (AvgIpc) is 2.69. The van der Waals surface area contributed by atoms with E-state index in [1.807, 2.05) is 6.20 Å². The van der Waals surface area contributed by atoms with E-state index in [9.17, 15) is 0 Å². The number of aryl methyl sites for hydroxylation is 1. The van der Waals surface area contributed by atoms with Crippen LogP contribution in [0, 0.1) is 0 Å². The van der Waals surface area contributed by atoms with Gasteiger partial charge >= 0.3 is 0 Å². The van der Waals surface area contributed by atoms with Crippen molar-refractivity contribution in [3.05, 3.63) is 30.4 Å². The van der Waals surface area contributed by atoms with Gasteiger partial charge in [0.1, 0.15) is 11.9 Å². The van der Waals surface area contributed by atoms with Gasteiger partial charge in [-0.15, -0.1) is 6.58 Å². The summed E-state index contributed by atoms with van der Waals surface area (Å²) >= 11 is 3.77. The van der Waals surface area contributed by atoms with Crippen LogP contribution in [0.4, 0.5) is 0 Å². The fourth-order valence-corrected chi connectivity index (χ4v) is 1.60. The number of hydrogen-bond donors (Lipinski definition) is 2. The van der Waals surface area contributed by atoms with E-state index in [4.69, 9.17) is 4.18 Å². The number of thiol groups is 1. The van der Waals surface area contributed by atoms with Gasteiger partial charge in [-0.3, -0.25) is 0 Å². The van der Waals surface area contributed by atoms with Crippen LogP contribution in [0.1, 0.15) is 43.8 Å². The monoisotopic (exact) mass is 226 g/mol. The number of unbranched alkanes of at least 4 members (excludes halogenated alkanes) is 2. The van der Waals surface area contributed by atoms with Gasteiger partial charge in [0, 0.05) is 6.20 Å². The number of aromatic nitrogens is 2. The van der Waals surface area contributed by atoms with Crippen LogP contribution in [0.25, 0.3) is 0 Å². The summed E-state index contributed by atoms with van der Waals surface area (Å²) in [5.74, 6) is 0.770. The summed E-state index contributed by atoms with van der Waals surface area (Å²) in [5.41, 5.74) is 1.08. The van der Waals surface area contributed by atoms with Crippen LogP contribution in [0.5, 0.6) is 0 Å². The number of imidazole rings is 1. The molecule has 84 valence electrons. The molecule has 1 rings (SSSR count). The van der Waals surface area contributed by atoms with Crippen LogP contribution in [-0.4, -0.2) is 9.97 Å².